The molecule has 0 aliphatic carbocycles. The van der Waals surface area contributed by atoms with E-state index in [9.17, 15) is 14.7 Å². The van der Waals surface area contributed by atoms with Gasteiger partial charge >= 0.3 is 5.69 Å². The lowest BCUT2D eigenvalue weighted by molar-refractivity contribution is 0.417. The first-order valence-electron chi connectivity index (χ1n) is 6.61. The number of nitrogens with one attached hydrogen (secondary N) is 1. The molecule has 22 heavy (non-hydrogen) atoms. The molecule has 2 aromatic carbocycles. The number of hydrogen-bond donors (Lipinski definition) is 2. The first kappa shape index (κ1) is 13.8. The van der Waals surface area contributed by atoms with Crippen LogP contribution in [0.25, 0.3) is 10.8 Å². The lowest BCUT2D eigenvalue weighted by atomic mass is 10.1. The highest BCUT2D eigenvalue weighted by atomic mass is 16.3. The van der Waals surface area contributed by atoms with Crippen LogP contribution in [0.15, 0.2) is 57.0 Å². The van der Waals surface area contributed by atoms with Gasteiger partial charge in [0.15, 0.2) is 0 Å². The summed E-state index contributed by atoms with van der Waals surface area (Å²) < 4.78 is 0.948. The summed E-state index contributed by atoms with van der Waals surface area (Å²) in [7, 11) is 1.36. The molecular weight excluding hydrogens is 282 g/mol. The largest absolute Gasteiger partial charge is 0.494 e. The number of aromatic hydroxyl groups is 1. The van der Waals surface area contributed by atoms with Gasteiger partial charge in [-0.2, -0.15) is 0 Å². The molecule has 0 fully saturated rings. The van der Waals surface area contributed by atoms with Gasteiger partial charge in [0.2, 0.25) is 5.88 Å². The lowest BCUT2D eigenvalue weighted by Gasteiger charge is -2.03. The molecule has 0 spiro atoms. The van der Waals surface area contributed by atoms with Crippen LogP contribution in [0.1, 0.15) is 5.56 Å². The Kier molecular flexibility index (Phi) is 3.34. The van der Waals surface area contributed by atoms with Crippen molar-refractivity contribution in [3.63, 3.8) is 0 Å². The van der Waals surface area contributed by atoms with Gasteiger partial charge in [-0.3, -0.25) is 19.3 Å². The van der Waals surface area contributed by atoms with Crippen molar-refractivity contribution in [3.8, 4) is 5.88 Å². The van der Waals surface area contributed by atoms with E-state index in [2.05, 4.69) is 9.98 Å². The summed E-state index contributed by atoms with van der Waals surface area (Å²) in [6, 6.07) is 13.4. The van der Waals surface area contributed by atoms with Gasteiger partial charge in [0.25, 0.3) is 5.56 Å². The van der Waals surface area contributed by atoms with Crippen LogP contribution in [0.4, 0.5) is 5.69 Å². The molecule has 1 heterocycles. The van der Waals surface area contributed by atoms with Crippen LogP contribution in [0.2, 0.25) is 0 Å². The number of aromatic nitrogens is 2. The van der Waals surface area contributed by atoms with Crippen molar-refractivity contribution in [2.24, 2.45) is 12.0 Å². The maximum absolute atomic E-state index is 11.7. The number of H-pyrrole nitrogens is 1. The van der Waals surface area contributed by atoms with E-state index >= 15 is 0 Å². The van der Waals surface area contributed by atoms with Crippen molar-refractivity contribution in [1.82, 2.24) is 9.55 Å². The molecule has 0 amide bonds. The number of aliphatic imine (C=N–C) groups is 1. The van der Waals surface area contributed by atoms with Gasteiger partial charge in [-0.1, -0.05) is 30.3 Å². The second kappa shape index (κ2) is 5.33. The highest BCUT2D eigenvalue weighted by Crippen LogP contribution is 2.21. The van der Waals surface area contributed by atoms with Crippen LogP contribution >= 0.6 is 0 Å². The quantitative estimate of drug-likeness (QED) is 0.705. The summed E-state index contributed by atoms with van der Waals surface area (Å²) >= 11 is 0. The second-order valence-corrected chi connectivity index (χ2v) is 4.85. The van der Waals surface area contributed by atoms with Crippen molar-refractivity contribution >= 4 is 22.7 Å². The summed E-state index contributed by atoms with van der Waals surface area (Å²) in [5.41, 5.74) is -0.767. The molecule has 0 aliphatic rings. The predicted molar refractivity (Wildman–Crippen MR) is 85.2 cm³/mol. The van der Waals surface area contributed by atoms with Gasteiger partial charge in [0.1, 0.15) is 5.56 Å². The van der Waals surface area contributed by atoms with Gasteiger partial charge < -0.3 is 5.11 Å². The Morgan fingerprint density at radius 2 is 1.86 bits per heavy atom. The first-order valence-corrected chi connectivity index (χ1v) is 6.61. The molecule has 0 saturated heterocycles. The summed E-state index contributed by atoms with van der Waals surface area (Å²) in [5.74, 6) is -0.418. The highest BCUT2D eigenvalue weighted by molar-refractivity contribution is 5.88. The van der Waals surface area contributed by atoms with Crippen molar-refractivity contribution in [2.45, 2.75) is 0 Å². The first-order chi connectivity index (χ1) is 10.6. The molecule has 0 saturated carbocycles. The van der Waals surface area contributed by atoms with Gasteiger partial charge in [0, 0.05) is 13.3 Å². The third-order valence-electron chi connectivity index (χ3n) is 3.40. The zero-order valence-electron chi connectivity index (χ0n) is 11.8. The van der Waals surface area contributed by atoms with E-state index in [1.807, 2.05) is 42.5 Å². The van der Waals surface area contributed by atoms with Crippen molar-refractivity contribution in [1.29, 1.82) is 0 Å². The topological polar surface area (TPSA) is 87.4 Å². The van der Waals surface area contributed by atoms with Crippen LogP contribution in [-0.2, 0) is 7.05 Å². The highest BCUT2D eigenvalue weighted by Gasteiger charge is 2.09. The number of rotatable bonds is 2. The number of aromatic amines is 1. The number of hydrogen-bond acceptors (Lipinski definition) is 4. The molecule has 0 atom stereocenters. The van der Waals surface area contributed by atoms with Crippen molar-refractivity contribution in [2.75, 3.05) is 0 Å². The van der Waals surface area contributed by atoms with E-state index in [1.165, 1.54) is 13.3 Å². The smallest absolute Gasteiger partial charge is 0.330 e. The molecule has 1 aromatic heterocycles. The standard InChI is InChI=1S/C16H13N3O3/c1-19-15(21)13(14(20)18-16(19)22)9-17-12-7-6-10-4-2-3-5-11(10)8-12/h2-9,21H,1H3,(H,18,20,22). The van der Waals surface area contributed by atoms with E-state index in [0.717, 1.165) is 15.3 Å². The zero-order valence-corrected chi connectivity index (χ0v) is 11.8. The number of benzene rings is 2. The van der Waals surface area contributed by atoms with Crippen LogP contribution in [0.3, 0.4) is 0 Å². The maximum atomic E-state index is 11.7. The predicted octanol–water partition coefficient (Wildman–Crippen LogP) is 1.68. The fraction of sp³-hybridized carbons (Fsp3) is 0.0625. The van der Waals surface area contributed by atoms with E-state index in [-0.39, 0.29) is 5.56 Å². The molecule has 6 heteroatoms. The van der Waals surface area contributed by atoms with Crippen LogP contribution in [0, 0.1) is 0 Å². The molecule has 3 rings (SSSR count). The Balaban J connectivity index is 2.05. The molecular formula is C16H13N3O3. The van der Waals surface area contributed by atoms with E-state index in [0.29, 0.717) is 5.69 Å². The van der Waals surface area contributed by atoms with E-state index < -0.39 is 17.1 Å². The SMILES string of the molecule is Cn1c(O)c(C=Nc2ccc3ccccc3c2)c(=O)[nH]c1=O. The Bertz CT molecular complexity index is 999. The van der Waals surface area contributed by atoms with Gasteiger partial charge in [0.05, 0.1) is 5.69 Å². The monoisotopic (exact) mass is 295 g/mol. The summed E-state index contributed by atoms with van der Waals surface area (Å²) in [4.78, 5) is 29.4. The van der Waals surface area contributed by atoms with Crippen LogP contribution in [-0.4, -0.2) is 20.9 Å². The fourth-order valence-electron chi connectivity index (χ4n) is 2.14. The van der Waals surface area contributed by atoms with Gasteiger partial charge in [-0.05, 0) is 22.9 Å². The van der Waals surface area contributed by atoms with Crippen molar-refractivity contribution in [3.05, 3.63) is 68.9 Å². The van der Waals surface area contributed by atoms with E-state index in [4.69, 9.17) is 0 Å². The Morgan fingerprint density at radius 1 is 1.14 bits per heavy atom. The molecule has 0 aliphatic heterocycles. The summed E-state index contributed by atoms with van der Waals surface area (Å²) in [5, 5.41) is 12.0. The molecule has 110 valence electrons. The Hall–Kier alpha value is -3.15. The van der Waals surface area contributed by atoms with E-state index in [1.54, 1.807) is 0 Å². The molecule has 0 bridgehead atoms. The minimum atomic E-state index is -0.676. The second-order valence-electron chi connectivity index (χ2n) is 4.85. The normalized spacial score (nSPS) is 11.3. The Labute approximate surface area is 125 Å². The minimum Gasteiger partial charge on any atom is -0.494 e. The molecule has 3 aromatic rings. The Morgan fingerprint density at radius 3 is 2.64 bits per heavy atom. The van der Waals surface area contributed by atoms with Crippen LogP contribution < -0.4 is 11.2 Å². The summed E-state index contributed by atoms with van der Waals surface area (Å²) in [6.45, 7) is 0. The maximum Gasteiger partial charge on any atom is 0.330 e. The zero-order chi connectivity index (χ0) is 15.7. The van der Waals surface area contributed by atoms with Crippen LogP contribution in [0.5, 0.6) is 5.88 Å². The fourth-order valence-corrected chi connectivity index (χ4v) is 2.14. The summed E-state index contributed by atoms with van der Waals surface area (Å²) in [6.07, 6.45) is 1.25. The molecule has 2 N–H and O–H groups in total. The minimum absolute atomic E-state index is 0.0599. The molecule has 6 nitrogen and oxygen atoms in total. The average molecular weight is 295 g/mol. The van der Waals surface area contributed by atoms with Crippen molar-refractivity contribution < 1.29 is 5.11 Å². The number of fused-ring (bicyclic) bond motifs is 1. The number of nitrogens with zero attached hydrogens (tertiary/aromatic N) is 2. The third-order valence-corrected chi connectivity index (χ3v) is 3.40. The van der Waals surface area contributed by atoms with Gasteiger partial charge in [-0.15, -0.1) is 0 Å². The lowest BCUT2D eigenvalue weighted by Crippen LogP contribution is -2.30. The average Bonchev–Trinajstić information content (AvgIpc) is 2.52. The third kappa shape index (κ3) is 2.42. The molecule has 0 unspecified atom stereocenters. The van der Waals surface area contributed by atoms with Gasteiger partial charge in [-0.25, -0.2) is 4.79 Å². The molecule has 0 radical (unpaired) electrons.